The van der Waals surface area contributed by atoms with Crippen molar-refractivity contribution in [3.8, 4) is 5.75 Å². The highest BCUT2D eigenvalue weighted by Gasteiger charge is 2.30. The fourth-order valence-corrected chi connectivity index (χ4v) is 5.75. The van der Waals surface area contributed by atoms with Crippen LogP contribution in [0, 0.1) is 23.3 Å². The molecule has 2 unspecified atom stereocenters. The minimum Gasteiger partial charge on any atom is -0.481 e. The molecular formula is C37H53F4N3O7. The summed E-state index contributed by atoms with van der Waals surface area (Å²) in [5, 5.41) is 14.7. The number of benzene rings is 1. The Morgan fingerprint density at radius 3 is 1.98 bits per heavy atom. The molecule has 0 saturated carbocycles. The molecule has 0 aliphatic rings. The number of aliphatic carboxylic acids is 1. The summed E-state index contributed by atoms with van der Waals surface area (Å²) in [6.07, 6.45) is 16.1. The Morgan fingerprint density at radius 1 is 0.882 bits per heavy atom. The number of nitrogens with zero attached hydrogens (tertiary/aromatic N) is 1. The third kappa shape index (κ3) is 14.7. The number of methoxy groups -OCH3 is 1. The second-order valence-electron chi connectivity index (χ2n) is 12.7. The molecule has 14 heteroatoms. The number of aromatic nitrogens is 1. The first-order valence-corrected chi connectivity index (χ1v) is 17.9. The summed E-state index contributed by atoms with van der Waals surface area (Å²) >= 11 is 0. The Hall–Kier alpha value is -3.94. The number of Topliss-reactive ketones (excluding diaryl/α,β-unsaturated/α-hetero) is 1. The summed E-state index contributed by atoms with van der Waals surface area (Å²) in [4.78, 5) is 51.0. The summed E-state index contributed by atoms with van der Waals surface area (Å²) in [6, 6.07) is 0.146. The number of rotatable bonds is 27. The van der Waals surface area contributed by atoms with Crippen molar-refractivity contribution in [2.24, 2.45) is 0 Å². The van der Waals surface area contributed by atoms with Gasteiger partial charge in [0.1, 0.15) is 24.4 Å². The van der Waals surface area contributed by atoms with Gasteiger partial charge in [-0.05, 0) is 25.0 Å². The van der Waals surface area contributed by atoms with Crippen LogP contribution in [-0.2, 0) is 19.1 Å². The first-order valence-electron chi connectivity index (χ1n) is 17.9. The number of anilines is 1. The largest absolute Gasteiger partial charge is 0.481 e. The van der Waals surface area contributed by atoms with Gasteiger partial charge in [0.25, 0.3) is 5.56 Å². The summed E-state index contributed by atoms with van der Waals surface area (Å²) in [5.41, 5.74) is -0.332. The van der Waals surface area contributed by atoms with E-state index in [9.17, 15) is 41.8 Å². The van der Waals surface area contributed by atoms with E-state index in [2.05, 4.69) is 22.3 Å². The van der Waals surface area contributed by atoms with Crippen LogP contribution in [0.2, 0.25) is 0 Å². The molecule has 1 aromatic carbocycles. The van der Waals surface area contributed by atoms with Crippen LogP contribution in [0.25, 0.3) is 0 Å². The van der Waals surface area contributed by atoms with Gasteiger partial charge < -0.3 is 29.8 Å². The number of carboxylic acids is 1. The number of halogens is 4. The van der Waals surface area contributed by atoms with Gasteiger partial charge in [0.15, 0.2) is 23.2 Å². The lowest BCUT2D eigenvalue weighted by Crippen LogP contribution is -2.48. The van der Waals surface area contributed by atoms with E-state index < -0.39 is 77.3 Å². The molecule has 1 aromatic heterocycles. The van der Waals surface area contributed by atoms with Crippen molar-refractivity contribution in [2.75, 3.05) is 25.6 Å². The molecule has 0 bridgehead atoms. The lowest BCUT2D eigenvalue weighted by molar-refractivity contribution is -0.140. The highest BCUT2D eigenvalue weighted by atomic mass is 19.2. The third-order valence-electron chi connectivity index (χ3n) is 8.75. The van der Waals surface area contributed by atoms with Crippen molar-refractivity contribution < 1.29 is 46.5 Å². The van der Waals surface area contributed by atoms with E-state index >= 15 is 0 Å². The fourth-order valence-electron chi connectivity index (χ4n) is 5.75. The number of carbonyl (C=O) groups excluding carboxylic acids is 2. The molecule has 286 valence electrons. The van der Waals surface area contributed by atoms with Gasteiger partial charge in [-0.25, -0.2) is 8.78 Å². The van der Waals surface area contributed by atoms with Crippen molar-refractivity contribution in [1.29, 1.82) is 0 Å². The van der Waals surface area contributed by atoms with Gasteiger partial charge in [-0.1, -0.05) is 90.9 Å². The van der Waals surface area contributed by atoms with Crippen molar-refractivity contribution in [1.82, 2.24) is 9.88 Å². The number of nitrogens with one attached hydrogen (secondary N) is 2. The normalized spacial score (nSPS) is 13.0. The van der Waals surface area contributed by atoms with Crippen LogP contribution in [0.1, 0.15) is 116 Å². The number of hydrogen-bond acceptors (Lipinski definition) is 7. The zero-order chi connectivity index (χ0) is 37.8. The molecule has 2 aromatic rings. The summed E-state index contributed by atoms with van der Waals surface area (Å²) in [5.74, 6) is -12.4. The van der Waals surface area contributed by atoms with Crippen LogP contribution in [0.15, 0.2) is 29.2 Å². The van der Waals surface area contributed by atoms with Gasteiger partial charge in [0, 0.05) is 25.9 Å². The molecular weight excluding hydrogens is 674 g/mol. The first-order chi connectivity index (χ1) is 24.4. The van der Waals surface area contributed by atoms with E-state index in [4.69, 9.17) is 4.74 Å². The summed E-state index contributed by atoms with van der Waals surface area (Å²) < 4.78 is 66.4. The van der Waals surface area contributed by atoms with Crippen molar-refractivity contribution in [3.05, 3.63) is 58.0 Å². The highest BCUT2D eigenvalue weighted by Crippen LogP contribution is 2.26. The SMILES string of the molecule is CCCCCCCCCCCCCC[C@@H](CNc1cccn(C(CC)C(=O)NC(CC(=O)O)C(=O)COc2c(F)c(F)cc(F)c2F)c1=O)OC. The molecule has 0 fully saturated rings. The zero-order valence-corrected chi connectivity index (χ0v) is 29.9. The lowest BCUT2D eigenvalue weighted by atomic mass is 10.0. The molecule has 0 saturated heterocycles. The Morgan fingerprint density at radius 2 is 1.45 bits per heavy atom. The average Bonchev–Trinajstić information content (AvgIpc) is 3.10. The molecule has 0 aliphatic heterocycles. The lowest BCUT2D eigenvalue weighted by Gasteiger charge is -2.23. The number of unbranched alkanes of at least 4 members (excludes halogenated alkanes) is 11. The number of ketones is 1. The topological polar surface area (TPSA) is 136 Å². The van der Waals surface area contributed by atoms with Crippen molar-refractivity contribution >= 4 is 23.3 Å². The Labute approximate surface area is 297 Å². The van der Waals surface area contributed by atoms with Crippen LogP contribution in [0.3, 0.4) is 0 Å². The van der Waals surface area contributed by atoms with Gasteiger partial charge in [-0.15, -0.1) is 0 Å². The van der Waals surface area contributed by atoms with Crippen molar-refractivity contribution in [3.63, 3.8) is 0 Å². The van der Waals surface area contributed by atoms with Crippen LogP contribution >= 0.6 is 0 Å². The monoisotopic (exact) mass is 727 g/mol. The third-order valence-corrected chi connectivity index (χ3v) is 8.75. The fraction of sp³-hybridized carbons (Fsp3) is 0.622. The predicted octanol–water partition coefficient (Wildman–Crippen LogP) is 7.48. The molecule has 3 atom stereocenters. The van der Waals surface area contributed by atoms with Crippen LogP contribution < -0.4 is 20.9 Å². The molecule has 3 N–H and O–H groups in total. The second kappa shape index (κ2) is 23.5. The van der Waals surface area contributed by atoms with Crippen molar-refractivity contribution in [2.45, 2.75) is 128 Å². The van der Waals surface area contributed by atoms with E-state index in [1.807, 2.05) is 0 Å². The highest BCUT2D eigenvalue weighted by molar-refractivity contribution is 5.93. The molecule has 1 heterocycles. The maximum absolute atomic E-state index is 14.0. The van der Waals surface area contributed by atoms with Gasteiger partial charge in [0.05, 0.1) is 12.5 Å². The molecule has 10 nitrogen and oxygen atoms in total. The van der Waals surface area contributed by atoms with Crippen LogP contribution in [0.5, 0.6) is 5.75 Å². The maximum atomic E-state index is 14.0. The Kier molecular flexibility index (Phi) is 19.9. The molecule has 2 rings (SSSR count). The van der Waals surface area contributed by atoms with Gasteiger partial charge in [-0.3, -0.25) is 19.2 Å². The minimum absolute atomic E-state index is 0.0411. The Balaban J connectivity index is 1.94. The molecule has 0 aliphatic carbocycles. The van der Waals surface area contributed by atoms with Gasteiger partial charge in [-0.2, -0.15) is 8.78 Å². The number of hydrogen-bond donors (Lipinski definition) is 3. The molecule has 0 spiro atoms. The Bertz CT molecular complexity index is 1430. The second-order valence-corrected chi connectivity index (χ2v) is 12.7. The number of ether oxygens (including phenoxy) is 2. The quantitative estimate of drug-likeness (QED) is 0.0490. The number of amides is 1. The minimum atomic E-state index is -1.89. The number of pyridine rings is 1. The zero-order valence-electron chi connectivity index (χ0n) is 29.9. The van der Waals surface area contributed by atoms with Gasteiger partial charge >= 0.3 is 5.97 Å². The maximum Gasteiger partial charge on any atom is 0.305 e. The summed E-state index contributed by atoms with van der Waals surface area (Å²) in [6.45, 7) is 2.96. The molecule has 51 heavy (non-hydrogen) atoms. The predicted molar refractivity (Wildman–Crippen MR) is 186 cm³/mol. The summed E-state index contributed by atoms with van der Waals surface area (Å²) in [7, 11) is 1.61. The van der Waals surface area contributed by atoms with E-state index in [-0.39, 0.29) is 24.3 Å². The first kappa shape index (κ1) is 43.2. The number of carboxylic acid groups (broad SMARTS) is 1. The van der Waals surface area contributed by atoms with E-state index in [0.29, 0.717) is 6.54 Å². The van der Waals surface area contributed by atoms with E-state index in [1.165, 1.54) is 70.4 Å². The molecule has 0 radical (unpaired) electrons. The van der Waals surface area contributed by atoms with Crippen LogP contribution in [0.4, 0.5) is 23.2 Å². The van der Waals surface area contributed by atoms with E-state index in [0.717, 1.165) is 23.8 Å². The van der Waals surface area contributed by atoms with Gasteiger partial charge in [0.2, 0.25) is 17.5 Å². The van der Waals surface area contributed by atoms with E-state index in [1.54, 1.807) is 26.2 Å². The average molecular weight is 728 g/mol. The smallest absolute Gasteiger partial charge is 0.305 e. The van der Waals surface area contributed by atoms with Crippen LogP contribution in [-0.4, -0.2) is 59.7 Å². The standard InChI is InChI=1S/C37H53F4N3O7/c1-4-6-7-8-9-10-11-12-13-14-15-16-18-25(50-3)23-42-28-19-17-20-44(37(28)49)30(5-2)36(48)43-29(22-32(46)47)31(45)24-51-35-33(40)26(38)21-27(39)34(35)41/h17,19-21,25,29-30,42H,4-16,18,22-24H2,1-3H3,(H,43,48)(H,46,47)/t25-,29?,30?/m0/s1. The number of carbonyl (C=O) groups is 3. The molecule has 1 amide bonds.